The van der Waals surface area contributed by atoms with Crippen molar-refractivity contribution in [1.82, 2.24) is 15.6 Å². The standard InChI is InChI=1S/C20H28N4.HI/c1-15-11-16(2)13-19(12-15)8-10-23-20(21-4)22-9-7-18-6-5-17(3)24-14-18;/h5-6,11-14H,7-10H2,1-4H3,(H2,21,22,23);1H. The minimum atomic E-state index is 0. The Labute approximate surface area is 168 Å². The summed E-state index contributed by atoms with van der Waals surface area (Å²) in [5.74, 6) is 0.847. The lowest BCUT2D eigenvalue weighted by atomic mass is 10.1. The van der Waals surface area contributed by atoms with Gasteiger partial charge in [0, 0.05) is 32.0 Å². The highest BCUT2D eigenvalue weighted by Crippen LogP contribution is 2.08. The van der Waals surface area contributed by atoms with Crippen LogP contribution >= 0.6 is 24.0 Å². The molecule has 1 aromatic heterocycles. The van der Waals surface area contributed by atoms with Crippen molar-refractivity contribution >= 4 is 29.9 Å². The topological polar surface area (TPSA) is 49.3 Å². The average Bonchev–Trinajstić information content (AvgIpc) is 2.54. The molecule has 2 rings (SSSR count). The van der Waals surface area contributed by atoms with Gasteiger partial charge in [-0.3, -0.25) is 9.98 Å². The zero-order valence-corrected chi connectivity index (χ0v) is 17.9. The van der Waals surface area contributed by atoms with Gasteiger partial charge in [0.25, 0.3) is 0 Å². The molecule has 1 heterocycles. The van der Waals surface area contributed by atoms with E-state index in [4.69, 9.17) is 0 Å². The highest BCUT2D eigenvalue weighted by Gasteiger charge is 2.00. The molecule has 5 heteroatoms. The Morgan fingerprint density at radius 1 is 0.920 bits per heavy atom. The predicted octanol–water partition coefficient (Wildman–Crippen LogP) is 3.58. The number of benzene rings is 1. The largest absolute Gasteiger partial charge is 0.356 e. The van der Waals surface area contributed by atoms with E-state index < -0.39 is 0 Å². The molecular formula is C20H29IN4. The summed E-state index contributed by atoms with van der Waals surface area (Å²) in [6.07, 6.45) is 3.86. The molecule has 0 atom stereocenters. The predicted molar refractivity (Wildman–Crippen MR) is 117 cm³/mol. The molecule has 0 saturated carbocycles. The zero-order chi connectivity index (χ0) is 17.4. The smallest absolute Gasteiger partial charge is 0.190 e. The lowest BCUT2D eigenvalue weighted by Gasteiger charge is -2.12. The van der Waals surface area contributed by atoms with Crippen LogP contribution in [0.1, 0.15) is 27.9 Å². The van der Waals surface area contributed by atoms with Gasteiger partial charge in [-0.1, -0.05) is 35.4 Å². The number of nitrogens with zero attached hydrogens (tertiary/aromatic N) is 2. The number of guanidine groups is 1. The molecule has 0 amide bonds. The van der Waals surface area contributed by atoms with Crippen LogP contribution in [-0.4, -0.2) is 31.1 Å². The maximum absolute atomic E-state index is 4.32. The van der Waals surface area contributed by atoms with E-state index in [2.05, 4.69) is 58.7 Å². The van der Waals surface area contributed by atoms with Gasteiger partial charge in [0.1, 0.15) is 0 Å². The van der Waals surface area contributed by atoms with Crippen LogP contribution in [0.2, 0.25) is 0 Å². The fourth-order valence-corrected chi connectivity index (χ4v) is 2.73. The lowest BCUT2D eigenvalue weighted by Crippen LogP contribution is -2.39. The van der Waals surface area contributed by atoms with Gasteiger partial charge in [0.05, 0.1) is 0 Å². The Morgan fingerprint density at radius 3 is 2.04 bits per heavy atom. The summed E-state index contributed by atoms with van der Waals surface area (Å²) in [7, 11) is 1.81. The first-order valence-electron chi connectivity index (χ1n) is 8.50. The molecule has 25 heavy (non-hydrogen) atoms. The van der Waals surface area contributed by atoms with Gasteiger partial charge in [-0.15, -0.1) is 24.0 Å². The van der Waals surface area contributed by atoms with E-state index in [0.29, 0.717) is 0 Å². The van der Waals surface area contributed by atoms with Crippen molar-refractivity contribution in [1.29, 1.82) is 0 Å². The first-order chi connectivity index (χ1) is 11.6. The fourth-order valence-electron chi connectivity index (χ4n) is 2.73. The molecule has 0 spiro atoms. The number of aliphatic imine (C=N–C) groups is 1. The number of hydrogen-bond acceptors (Lipinski definition) is 2. The molecule has 0 aliphatic carbocycles. The molecule has 0 bridgehead atoms. The Bertz CT molecular complexity index is 660. The Kier molecular flexibility index (Phi) is 9.49. The highest BCUT2D eigenvalue weighted by atomic mass is 127. The number of rotatable bonds is 6. The second kappa shape index (κ2) is 11.1. The van der Waals surface area contributed by atoms with E-state index in [-0.39, 0.29) is 24.0 Å². The minimum Gasteiger partial charge on any atom is -0.356 e. The van der Waals surface area contributed by atoms with Crippen molar-refractivity contribution in [3.63, 3.8) is 0 Å². The molecule has 2 aromatic rings. The van der Waals surface area contributed by atoms with Gasteiger partial charge in [0.15, 0.2) is 5.96 Å². The van der Waals surface area contributed by atoms with E-state index in [0.717, 1.165) is 37.6 Å². The van der Waals surface area contributed by atoms with Crippen molar-refractivity contribution < 1.29 is 0 Å². The number of hydrogen-bond donors (Lipinski definition) is 2. The number of aromatic nitrogens is 1. The monoisotopic (exact) mass is 452 g/mol. The minimum absolute atomic E-state index is 0. The highest BCUT2D eigenvalue weighted by molar-refractivity contribution is 14.0. The molecule has 0 aliphatic rings. The summed E-state index contributed by atoms with van der Waals surface area (Å²) in [5.41, 5.74) is 6.29. The molecule has 1 aromatic carbocycles. The summed E-state index contributed by atoms with van der Waals surface area (Å²) < 4.78 is 0. The Balaban J connectivity index is 0.00000312. The summed E-state index contributed by atoms with van der Waals surface area (Å²) >= 11 is 0. The molecule has 2 N–H and O–H groups in total. The van der Waals surface area contributed by atoms with Crippen LogP contribution in [0.3, 0.4) is 0 Å². The van der Waals surface area contributed by atoms with Crippen LogP contribution in [0.4, 0.5) is 0 Å². The molecule has 0 radical (unpaired) electrons. The van der Waals surface area contributed by atoms with Crippen LogP contribution in [-0.2, 0) is 12.8 Å². The third kappa shape index (κ3) is 7.86. The van der Waals surface area contributed by atoms with Crippen LogP contribution < -0.4 is 10.6 Å². The number of halogens is 1. The number of nitrogens with one attached hydrogen (secondary N) is 2. The Morgan fingerprint density at radius 2 is 1.52 bits per heavy atom. The van der Waals surface area contributed by atoms with Crippen molar-refractivity contribution in [3.05, 3.63) is 64.5 Å². The van der Waals surface area contributed by atoms with Crippen LogP contribution in [0, 0.1) is 20.8 Å². The fraction of sp³-hybridized carbons (Fsp3) is 0.400. The van der Waals surface area contributed by atoms with Crippen molar-refractivity contribution in [3.8, 4) is 0 Å². The molecule has 0 saturated heterocycles. The summed E-state index contributed by atoms with van der Waals surface area (Å²) in [4.78, 5) is 8.60. The van der Waals surface area contributed by atoms with E-state index in [1.54, 1.807) is 7.05 Å². The molecule has 0 fully saturated rings. The maximum atomic E-state index is 4.32. The van der Waals surface area contributed by atoms with Gasteiger partial charge in [0.2, 0.25) is 0 Å². The quantitative estimate of drug-likeness (QED) is 0.400. The van der Waals surface area contributed by atoms with Gasteiger partial charge < -0.3 is 10.6 Å². The molecule has 0 unspecified atom stereocenters. The molecule has 136 valence electrons. The normalized spacial score (nSPS) is 11.0. The number of pyridine rings is 1. The second-order valence-corrected chi connectivity index (χ2v) is 6.23. The van der Waals surface area contributed by atoms with E-state index in [9.17, 15) is 0 Å². The maximum Gasteiger partial charge on any atom is 0.190 e. The first kappa shape index (κ1) is 21.4. The van der Waals surface area contributed by atoms with Gasteiger partial charge in [-0.25, -0.2) is 0 Å². The second-order valence-electron chi connectivity index (χ2n) is 6.23. The van der Waals surface area contributed by atoms with Crippen LogP contribution in [0.5, 0.6) is 0 Å². The van der Waals surface area contributed by atoms with Crippen molar-refractivity contribution in [2.75, 3.05) is 20.1 Å². The zero-order valence-electron chi connectivity index (χ0n) is 15.6. The van der Waals surface area contributed by atoms with Crippen LogP contribution in [0.15, 0.2) is 41.5 Å². The summed E-state index contributed by atoms with van der Waals surface area (Å²) in [5, 5.41) is 6.73. The lowest BCUT2D eigenvalue weighted by molar-refractivity contribution is 0.782. The third-order valence-electron chi connectivity index (χ3n) is 3.89. The average molecular weight is 452 g/mol. The van der Waals surface area contributed by atoms with Gasteiger partial charge >= 0.3 is 0 Å². The molecule has 0 aliphatic heterocycles. The van der Waals surface area contributed by atoms with Crippen LogP contribution in [0.25, 0.3) is 0 Å². The number of aryl methyl sites for hydroxylation is 3. The SMILES string of the molecule is CN=C(NCCc1ccc(C)nc1)NCCc1cc(C)cc(C)c1.I. The molecular weight excluding hydrogens is 423 g/mol. The third-order valence-corrected chi connectivity index (χ3v) is 3.89. The molecule has 4 nitrogen and oxygen atoms in total. The van der Waals surface area contributed by atoms with Gasteiger partial charge in [-0.2, -0.15) is 0 Å². The van der Waals surface area contributed by atoms with Crippen molar-refractivity contribution in [2.24, 2.45) is 4.99 Å². The van der Waals surface area contributed by atoms with Crippen molar-refractivity contribution in [2.45, 2.75) is 33.6 Å². The van der Waals surface area contributed by atoms with E-state index in [1.807, 2.05) is 19.2 Å². The first-order valence-corrected chi connectivity index (χ1v) is 8.50. The summed E-state index contributed by atoms with van der Waals surface area (Å²) in [6.45, 7) is 8.00. The van der Waals surface area contributed by atoms with Gasteiger partial charge in [-0.05, 0) is 50.8 Å². The van der Waals surface area contributed by atoms with E-state index in [1.165, 1.54) is 22.3 Å². The Hall–Kier alpha value is -1.63. The van der Waals surface area contributed by atoms with E-state index >= 15 is 0 Å². The summed E-state index contributed by atoms with van der Waals surface area (Å²) in [6, 6.07) is 10.9.